The van der Waals surface area contributed by atoms with Crippen LogP contribution in [0.15, 0.2) is 18.2 Å². The lowest BCUT2D eigenvalue weighted by Crippen LogP contribution is -2.56. The standard InChI is InChI=1S/C15H26N4O2/c1-18-7-8-19(2)13(10-18)15(17-16)12-9-11(20-3)5-6-14(12)21-4/h5-6,9,13,15,17H,7-8,10,16H2,1-4H3. The summed E-state index contributed by atoms with van der Waals surface area (Å²) in [5.74, 6) is 7.49. The van der Waals surface area contributed by atoms with Gasteiger partial charge in [-0.1, -0.05) is 0 Å². The van der Waals surface area contributed by atoms with Crippen LogP contribution < -0.4 is 20.7 Å². The van der Waals surface area contributed by atoms with Gasteiger partial charge in [0, 0.05) is 31.2 Å². The van der Waals surface area contributed by atoms with E-state index in [1.165, 1.54) is 0 Å². The smallest absolute Gasteiger partial charge is 0.124 e. The Balaban J connectivity index is 2.35. The Morgan fingerprint density at radius 1 is 1.24 bits per heavy atom. The van der Waals surface area contributed by atoms with Crippen LogP contribution in [0, 0.1) is 0 Å². The lowest BCUT2D eigenvalue weighted by atomic mass is 9.95. The third kappa shape index (κ3) is 3.47. The van der Waals surface area contributed by atoms with Gasteiger partial charge >= 0.3 is 0 Å². The van der Waals surface area contributed by atoms with Crippen molar-refractivity contribution < 1.29 is 9.47 Å². The summed E-state index contributed by atoms with van der Waals surface area (Å²) < 4.78 is 10.8. The van der Waals surface area contributed by atoms with Crippen molar-refractivity contribution in [3.63, 3.8) is 0 Å². The van der Waals surface area contributed by atoms with E-state index in [0.29, 0.717) is 0 Å². The highest BCUT2D eigenvalue weighted by molar-refractivity contribution is 5.43. The van der Waals surface area contributed by atoms with E-state index in [1.54, 1.807) is 14.2 Å². The fourth-order valence-electron chi connectivity index (χ4n) is 2.89. The molecule has 1 aliphatic rings. The zero-order valence-electron chi connectivity index (χ0n) is 13.3. The molecule has 2 rings (SSSR count). The predicted octanol–water partition coefficient (Wildman–Crippen LogP) is 0.454. The first-order valence-electron chi connectivity index (χ1n) is 7.17. The maximum atomic E-state index is 5.87. The summed E-state index contributed by atoms with van der Waals surface area (Å²) in [6.07, 6.45) is 0. The Morgan fingerprint density at radius 3 is 2.62 bits per heavy atom. The molecule has 118 valence electrons. The zero-order chi connectivity index (χ0) is 15.4. The van der Waals surface area contributed by atoms with E-state index in [2.05, 4.69) is 29.3 Å². The molecule has 1 heterocycles. The molecule has 1 aliphatic heterocycles. The number of hydrogen-bond donors (Lipinski definition) is 2. The van der Waals surface area contributed by atoms with Crippen molar-refractivity contribution in [2.24, 2.45) is 5.84 Å². The number of benzene rings is 1. The van der Waals surface area contributed by atoms with Crippen LogP contribution in [0.4, 0.5) is 0 Å². The molecule has 6 heteroatoms. The first-order valence-corrected chi connectivity index (χ1v) is 7.17. The lowest BCUT2D eigenvalue weighted by molar-refractivity contribution is 0.0869. The normalized spacial score (nSPS) is 22.0. The molecule has 1 aromatic rings. The van der Waals surface area contributed by atoms with E-state index >= 15 is 0 Å². The SMILES string of the molecule is COc1ccc(OC)c(C(NN)C2CN(C)CCN2C)c1. The number of hydrazine groups is 1. The first-order chi connectivity index (χ1) is 10.1. The van der Waals surface area contributed by atoms with Crippen LogP contribution in [0.25, 0.3) is 0 Å². The minimum absolute atomic E-state index is 0.0252. The molecule has 21 heavy (non-hydrogen) atoms. The number of rotatable bonds is 5. The molecule has 6 nitrogen and oxygen atoms in total. The average Bonchev–Trinajstić information content (AvgIpc) is 2.51. The largest absolute Gasteiger partial charge is 0.497 e. The van der Waals surface area contributed by atoms with Crippen LogP contribution in [-0.4, -0.2) is 63.8 Å². The fourth-order valence-corrected chi connectivity index (χ4v) is 2.89. The van der Waals surface area contributed by atoms with Gasteiger partial charge in [0.2, 0.25) is 0 Å². The molecule has 0 spiro atoms. The Labute approximate surface area is 126 Å². The Bertz CT molecular complexity index is 469. The highest BCUT2D eigenvalue weighted by Gasteiger charge is 2.32. The highest BCUT2D eigenvalue weighted by atomic mass is 16.5. The molecule has 0 aliphatic carbocycles. The molecule has 1 fully saturated rings. The van der Waals surface area contributed by atoms with Crippen molar-refractivity contribution in [1.82, 2.24) is 15.2 Å². The summed E-state index contributed by atoms with van der Waals surface area (Å²) in [6.45, 7) is 3.04. The summed E-state index contributed by atoms with van der Waals surface area (Å²) in [5, 5.41) is 0. The predicted molar refractivity (Wildman–Crippen MR) is 83.5 cm³/mol. The van der Waals surface area contributed by atoms with Crippen LogP contribution in [0.1, 0.15) is 11.6 Å². The summed E-state index contributed by atoms with van der Waals surface area (Å²) in [7, 11) is 7.61. The maximum absolute atomic E-state index is 5.87. The van der Waals surface area contributed by atoms with E-state index in [9.17, 15) is 0 Å². The van der Waals surface area contributed by atoms with Crippen molar-refractivity contribution in [1.29, 1.82) is 0 Å². The fraction of sp³-hybridized carbons (Fsp3) is 0.600. The summed E-state index contributed by atoms with van der Waals surface area (Å²) in [5.41, 5.74) is 3.98. The molecule has 0 aromatic heterocycles. The lowest BCUT2D eigenvalue weighted by Gasteiger charge is -2.42. The molecule has 0 saturated carbocycles. The quantitative estimate of drug-likeness (QED) is 0.607. The molecule has 0 amide bonds. The van der Waals surface area contributed by atoms with Gasteiger partial charge in [-0.05, 0) is 32.3 Å². The minimum Gasteiger partial charge on any atom is -0.497 e. The molecule has 0 radical (unpaired) electrons. The van der Waals surface area contributed by atoms with Crippen LogP contribution >= 0.6 is 0 Å². The highest BCUT2D eigenvalue weighted by Crippen LogP contribution is 2.32. The molecule has 1 aromatic carbocycles. The van der Waals surface area contributed by atoms with Crippen LogP contribution in [0.3, 0.4) is 0 Å². The molecule has 2 unspecified atom stereocenters. The Hall–Kier alpha value is -1.34. The second-order valence-electron chi connectivity index (χ2n) is 5.56. The van der Waals surface area contributed by atoms with Crippen molar-refractivity contribution >= 4 is 0 Å². The number of nitrogens with one attached hydrogen (secondary N) is 1. The average molecular weight is 294 g/mol. The third-order valence-electron chi connectivity index (χ3n) is 4.24. The topological polar surface area (TPSA) is 63.0 Å². The molecule has 1 saturated heterocycles. The van der Waals surface area contributed by atoms with Gasteiger partial charge in [0.05, 0.1) is 20.3 Å². The number of piperazine rings is 1. The molecular weight excluding hydrogens is 268 g/mol. The van der Waals surface area contributed by atoms with Gasteiger partial charge in [-0.3, -0.25) is 16.2 Å². The van der Waals surface area contributed by atoms with Crippen molar-refractivity contribution in [2.75, 3.05) is 47.9 Å². The van der Waals surface area contributed by atoms with Gasteiger partial charge in [-0.15, -0.1) is 0 Å². The summed E-state index contributed by atoms with van der Waals surface area (Å²) in [4.78, 5) is 4.66. The van der Waals surface area contributed by atoms with Gasteiger partial charge in [0.1, 0.15) is 11.5 Å². The van der Waals surface area contributed by atoms with Crippen LogP contribution in [-0.2, 0) is 0 Å². The Kier molecular flexibility index (Phi) is 5.41. The second-order valence-corrected chi connectivity index (χ2v) is 5.56. The maximum Gasteiger partial charge on any atom is 0.124 e. The van der Waals surface area contributed by atoms with Crippen LogP contribution in [0.5, 0.6) is 11.5 Å². The van der Waals surface area contributed by atoms with Crippen molar-refractivity contribution in [2.45, 2.75) is 12.1 Å². The number of likely N-dealkylation sites (N-methyl/N-ethyl adjacent to an activating group) is 2. The molecule has 3 N–H and O–H groups in total. The van der Waals surface area contributed by atoms with Gasteiger partial charge < -0.3 is 14.4 Å². The van der Waals surface area contributed by atoms with E-state index in [4.69, 9.17) is 15.3 Å². The van der Waals surface area contributed by atoms with E-state index in [1.807, 2.05) is 18.2 Å². The number of nitrogens with zero attached hydrogens (tertiary/aromatic N) is 2. The summed E-state index contributed by atoms with van der Waals surface area (Å²) >= 11 is 0. The number of hydrogen-bond acceptors (Lipinski definition) is 6. The van der Waals surface area contributed by atoms with Crippen LogP contribution in [0.2, 0.25) is 0 Å². The van der Waals surface area contributed by atoms with E-state index < -0.39 is 0 Å². The van der Waals surface area contributed by atoms with Gasteiger partial charge in [-0.2, -0.15) is 0 Å². The number of ether oxygens (including phenoxy) is 2. The van der Waals surface area contributed by atoms with Gasteiger partial charge in [0.15, 0.2) is 0 Å². The molecule has 2 atom stereocenters. The third-order valence-corrected chi connectivity index (χ3v) is 4.24. The van der Waals surface area contributed by atoms with Gasteiger partial charge in [-0.25, -0.2) is 0 Å². The molecular formula is C15H26N4O2. The zero-order valence-corrected chi connectivity index (χ0v) is 13.3. The van der Waals surface area contributed by atoms with Crippen molar-refractivity contribution in [3.8, 4) is 11.5 Å². The second kappa shape index (κ2) is 7.09. The number of nitrogens with two attached hydrogens (primary N) is 1. The van der Waals surface area contributed by atoms with E-state index in [0.717, 1.165) is 36.7 Å². The number of methoxy groups -OCH3 is 2. The Morgan fingerprint density at radius 2 is 2.00 bits per heavy atom. The minimum atomic E-state index is -0.0252. The first kappa shape index (κ1) is 16.0. The van der Waals surface area contributed by atoms with E-state index in [-0.39, 0.29) is 12.1 Å². The monoisotopic (exact) mass is 294 g/mol. The van der Waals surface area contributed by atoms with Gasteiger partial charge in [0.25, 0.3) is 0 Å². The molecule has 0 bridgehead atoms. The summed E-state index contributed by atoms with van der Waals surface area (Å²) in [6, 6.07) is 6.06. The van der Waals surface area contributed by atoms with Crippen molar-refractivity contribution in [3.05, 3.63) is 23.8 Å².